The van der Waals surface area contributed by atoms with Gasteiger partial charge in [-0.1, -0.05) is 35.9 Å². The van der Waals surface area contributed by atoms with Crippen LogP contribution in [0.15, 0.2) is 69.5 Å². The third-order valence-electron chi connectivity index (χ3n) is 3.93. The number of rotatable bonds is 4. The molecule has 8 heteroatoms. The van der Waals surface area contributed by atoms with Gasteiger partial charge in [-0.2, -0.15) is 0 Å². The fourth-order valence-corrected chi connectivity index (χ4v) is 3.33. The van der Waals surface area contributed by atoms with E-state index >= 15 is 0 Å². The van der Waals surface area contributed by atoms with Gasteiger partial charge in [0.25, 0.3) is 5.91 Å². The Kier molecular flexibility index (Phi) is 5.10. The van der Waals surface area contributed by atoms with E-state index in [1.54, 1.807) is 49.0 Å². The summed E-state index contributed by atoms with van der Waals surface area (Å²) in [5, 5.41) is 6.18. The molecule has 0 unspecified atom stereocenters. The van der Waals surface area contributed by atoms with Crippen LogP contribution in [0, 0.1) is 0 Å². The van der Waals surface area contributed by atoms with Crippen molar-refractivity contribution in [3.63, 3.8) is 0 Å². The zero-order valence-corrected chi connectivity index (χ0v) is 16.3. The number of fused-ring (bicyclic) bond motifs is 1. The highest BCUT2D eigenvalue weighted by atomic mass is 35.5. The van der Waals surface area contributed by atoms with E-state index in [1.807, 2.05) is 18.2 Å². The molecule has 2 heterocycles. The topological polar surface area (TPSA) is 76.7 Å². The van der Waals surface area contributed by atoms with Gasteiger partial charge in [-0.3, -0.25) is 10.1 Å². The lowest BCUT2D eigenvalue weighted by molar-refractivity contribution is 0.102. The highest BCUT2D eigenvalue weighted by molar-refractivity contribution is 7.13. The molecule has 0 aliphatic heterocycles. The number of halogens is 1. The average Bonchev–Trinajstić information content (AvgIpc) is 3.21. The molecule has 1 amide bonds. The first-order valence-corrected chi connectivity index (χ1v) is 9.52. The standard InChI is InChI=1S/C20H14ClN3O3S/c1-26-16-8-4-5-12-11-13(18(25)24-20-22-9-10-28-20)19(27-17(12)16)23-15-7-3-2-6-14(15)21/h2-11H,1H3,(H,22,24,25). The lowest BCUT2D eigenvalue weighted by atomic mass is 10.1. The maximum absolute atomic E-state index is 12.9. The number of anilines is 1. The number of aromatic nitrogens is 1. The molecule has 6 nitrogen and oxygen atoms in total. The zero-order chi connectivity index (χ0) is 19.5. The van der Waals surface area contributed by atoms with E-state index in [-0.39, 0.29) is 17.0 Å². The summed E-state index contributed by atoms with van der Waals surface area (Å²) in [4.78, 5) is 21.4. The van der Waals surface area contributed by atoms with E-state index in [2.05, 4.69) is 15.3 Å². The van der Waals surface area contributed by atoms with Crippen molar-refractivity contribution < 1.29 is 13.9 Å². The monoisotopic (exact) mass is 411 g/mol. The number of thiazole rings is 1. The van der Waals surface area contributed by atoms with Gasteiger partial charge in [0.05, 0.1) is 17.8 Å². The maximum Gasteiger partial charge on any atom is 0.262 e. The van der Waals surface area contributed by atoms with E-state index < -0.39 is 0 Å². The summed E-state index contributed by atoms with van der Waals surface area (Å²) in [5.74, 6) is 0.161. The van der Waals surface area contributed by atoms with E-state index in [0.29, 0.717) is 32.6 Å². The molecule has 0 aliphatic carbocycles. The summed E-state index contributed by atoms with van der Waals surface area (Å²) in [6.07, 6.45) is 1.62. The number of hydrogen-bond acceptors (Lipinski definition) is 6. The smallest absolute Gasteiger partial charge is 0.262 e. The fraction of sp³-hybridized carbons (Fsp3) is 0.0500. The first-order chi connectivity index (χ1) is 13.7. The van der Waals surface area contributed by atoms with Crippen molar-refractivity contribution >= 4 is 50.6 Å². The summed E-state index contributed by atoms with van der Waals surface area (Å²) in [5.41, 5.74) is 1.36. The second kappa shape index (κ2) is 7.84. The second-order valence-electron chi connectivity index (χ2n) is 5.70. The second-order valence-corrected chi connectivity index (χ2v) is 7.00. The number of hydrogen-bond donors (Lipinski definition) is 1. The normalized spacial score (nSPS) is 11.6. The molecule has 0 saturated carbocycles. The molecule has 0 fully saturated rings. The Morgan fingerprint density at radius 2 is 2.11 bits per heavy atom. The van der Waals surface area contributed by atoms with Gasteiger partial charge in [0, 0.05) is 17.0 Å². The Bertz CT molecular complexity index is 1220. The molecule has 2 aromatic carbocycles. The van der Waals surface area contributed by atoms with Gasteiger partial charge in [0.15, 0.2) is 16.5 Å². The minimum Gasteiger partial charge on any atom is -0.493 e. The van der Waals surface area contributed by atoms with Crippen molar-refractivity contribution in [3.05, 3.63) is 76.2 Å². The van der Waals surface area contributed by atoms with E-state index in [1.165, 1.54) is 11.3 Å². The molecular weight excluding hydrogens is 398 g/mol. The molecular formula is C20H14ClN3O3S. The largest absolute Gasteiger partial charge is 0.493 e. The van der Waals surface area contributed by atoms with Gasteiger partial charge in [0.1, 0.15) is 5.56 Å². The molecule has 0 spiro atoms. The van der Waals surface area contributed by atoms with Gasteiger partial charge in [-0.05, 0) is 24.3 Å². The molecule has 0 atom stereocenters. The summed E-state index contributed by atoms with van der Waals surface area (Å²) >= 11 is 7.55. The molecule has 1 N–H and O–H groups in total. The number of amides is 1. The minimum absolute atomic E-state index is 0.124. The summed E-state index contributed by atoms with van der Waals surface area (Å²) in [7, 11) is 1.55. The number of benzene rings is 2. The lowest BCUT2D eigenvalue weighted by Gasteiger charge is -2.08. The first-order valence-electron chi connectivity index (χ1n) is 8.26. The summed E-state index contributed by atoms with van der Waals surface area (Å²) < 4.78 is 11.4. The van der Waals surface area contributed by atoms with E-state index in [9.17, 15) is 4.79 Å². The highest BCUT2D eigenvalue weighted by Gasteiger charge is 2.16. The third kappa shape index (κ3) is 3.62. The summed E-state index contributed by atoms with van der Waals surface area (Å²) in [6.45, 7) is 0. The van der Waals surface area contributed by atoms with Crippen LogP contribution in [-0.2, 0) is 0 Å². The predicted molar refractivity (Wildman–Crippen MR) is 110 cm³/mol. The molecule has 0 aliphatic rings. The number of nitrogens with one attached hydrogen (secondary N) is 1. The first kappa shape index (κ1) is 18.2. The van der Waals surface area contributed by atoms with Crippen LogP contribution in [0.5, 0.6) is 5.75 Å². The van der Waals surface area contributed by atoms with Gasteiger partial charge < -0.3 is 9.15 Å². The van der Waals surface area contributed by atoms with Gasteiger partial charge >= 0.3 is 0 Å². The number of methoxy groups -OCH3 is 1. The Morgan fingerprint density at radius 1 is 1.25 bits per heavy atom. The van der Waals surface area contributed by atoms with Crippen LogP contribution in [0.2, 0.25) is 5.02 Å². The number of carbonyl (C=O) groups excluding carboxylic acids is 1. The van der Waals surface area contributed by atoms with Crippen molar-refractivity contribution in [3.8, 4) is 5.75 Å². The number of ether oxygens (including phenoxy) is 1. The summed E-state index contributed by atoms with van der Waals surface area (Å²) in [6, 6.07) is 14.2. The molecule has 4 aromatic rings. The zero-order valence-electron chi connectivity index (χ0n) is 14.7. The Morgan fingerprint density at radius 3 is 2.86 bits per heavy atom. The number of nitrogens with zero attached hydrogens (tertiary/aromatic N) is 2. The third-order valence-corrected chi connectivity index (χ3v) is 4.94. The van der Waals surface area contributed by atoms with Gasteiger partial charge in [-0.25, -0.2) is 9.98 Å². The lowest BCUT2D eigenvalue weighted by Crippen LogP contribution is -2.21. The predicted octanol–water partition coefficient (Wildman–Crippen LogP) is 5.04. The highest BCUT2D eigenvalue weighted by Crippen LogP contribution is 2.27. The fourth-order valence-electron chi connectivity index (χ4n) is 2.63. The van der Waals surface area contributed by atoms with Crippen LogP contribution in [0.3, 0.4) is 0 Å². The minimum atomic E-state index is -0.380. The number of para-hydroxylation sites is 2. The van der Waals surface area contributed by atoms with Crippen LogP contribution < -0.4 is 15.6 Å². The molecule has 2 aromatic heterocycles. The Balaban J connectivity index is 1.93. The van der Waals surface area contributed by atoms with Crippen LogP contribution in [-0.4, -0.2) is 18.0 Å². The molecule has 4 rings (SSSR count). The van der Waals surface area contributed by atoms with Crippen LogP contribution in [0.1, 0.15) is 10.4 Å². The molecule has 0 saturated heterocycles. The van der Waals surface area contributed by atoms with E-state index in [4.69, 9.17) is 20.8 Å². The molecule has 140 valence electrons. The van der Waals surface area contributed by atoms with Crippen molar-refractivity contribution in [2.24, 2.45) is 4.99 Å². The molecule has 28 heavy (non-hydrogen) atoms. The average molecular weight is 412 g/mol. The van der Waals surface area contributed by atoms with Crippen molar-refractivity contribution in [1.29, 1.82) is 0 Å². The van der Waals surface area contributed by atoms with Crippen LogP contribution in [0.4, 0.5) is 10.8 Å². The van der Waals surface area contributed by atoms with Gasteiger partial charge in [-0.15, -0.1) is 11.3 Å². The molecule has 0 radical (unpaired) electrons. The number of carbonyl (C=O) groups is 1. The van der Waals surface area contributed by atoms with Crippen LogP contribution in [0.25, 0.3) is 11.0 Å². The Hall–Kier alpha value is -3.16. The van der Waals surface area contributed by atoms with Crippen molar-refractivity contribution in [2.45, 2.75) is 0 Å². The maximum atomic E-state index is 12.9. The van der Waals surface area contributed by atoms with Gasteiger partial charge in [0.2, 0.25) is 5.55 Å². The van der Waals surface area contributed by atoms with Crippen LogP contribution >= 0.6 is 22.9 Å². The SMILES string of the molecule is COc1cccc2cc(C(=O)Nc3nccs3)c(=Nc3ccccc3Cl)oc12. The van der Waals surface area contributed by atoms with E-state index in [0.717, 1.165) is 0 Å². The van der Waals surface area contributed by atoms with Crippen molar-refractivity contribution in [2.75, 3.05) is 12.4 Å². The van der Waals surface area contributed by atoms with Crippen molar-refractivity contribution in [1.82, 2.24) is 4.98 Å². The quantitative estimate of drug-likeness (QED) is 0.510. The Labute approximate surface area is 169 Å². The molecule has 0 bridgehead atoms.